The fourth-order valence-corrected chi connectivity index (χ4v) is 1.67. The average Bonchev–Trinajstić information content (AvgIpc) is 2.23. The van der Waals surface area contributed by atoms with Crippen LogP contribution in [0.4, 0.5) is 5.69 Å². The maximum Gasteiger partial charge on any atom is 0.310 e. The molecule has 16 heavy (non-hydrogen) atoms. The summed E-state index contributed by atoms with van der Waals surface area (Å²) >= 11 is 5.86. The highest BCUT2D eigenvalue weighted by atomic mass is 35.5. The van der Waals surface area contributed by atoms with Crippen LogP contribution in [0.1, 0.15) is 24.3 Å². The van der Waals surface area contributed by atoms with Crippen molar-refractivity contribution in [3.63, 3.8) is 0 Å². The van der Waals surface area contributed by atoms with Crippen molar-refractivity contribution in [2.75, 3.05) is 5.73 Å². The van der Waals surface area contributed by atoms with E-state index in [1.54, 1.807) is 24.3 Å². The maximum atomic E-state index is 11.1. The number of benzene rings is 1. The summed E-state index contributed by atoms with van der Waals surface area (Å²) in [5.41, 5.74) is 6.70. The van der Waals surface area contributed by atoms with Gasteiger partial charge in [-0.3, -0.25) is 4.79 Å². The van der Waals surface area contributed by atoms with Crippen LogP contribution in [0.15, 0.2) is 30.9 Å². The molecule has 4 heteroatoms. The van der Waals surface area contributed by atoms with Crippen molar-refractivity contribution in [2.24, 2.45) is 0 Å². The first-order valence-electron chi connectivity index (χ1n) is 4.95. The first kappa shape index (κ1) is 12.6. The molecule has 86 valence electrons. The lowest BCUT2D eigenvalue weighted by Gasteiger charge is -2.12. The minimum Gasteiger partial charge on any atom is -0.481 e. The number of aliphatic carboxylic acids is 1. The Kier molecular flexibility index (Phi) is 4.38. The van der Waals surface area contributed by atoms with E-state index >= 15 is 0 Å². The van der Waals surface area contributed by atoms with E-state index in [4.69, 9.17) is 22.4 Å². The standard InChI is InChI=1S/C12H14ClNO2/c1-2-3-4-9(12(15)16)8-5-6-11(14)10(13)7-8/h2,5-7,9H,1,3-4,14H2,(H,15,16). The van der Waals surface area contributed by atoms with E-state index in [1.807, 2.05) is 0 Å². The molecule has 3 nitrogen and oxygen atoms in total. The van der Waals surface area contributed by atoms with Gasteiger partial charge in [0.2, 0.25) is 0 Å². The van der Waals surface area contributed by atoms with E-state index in [2.05, 4.69) is 6.58 Å². The molecule has 1 atom stereocenters. The molecule has 1 unspecified atom stereocenters. The van der Waals surface area contributed by atoms with Crippen LogP contribution >= 0.6 is 11.6 Å². The zero-order valence-electron chi connectivity index (χ0n) is 8.82. The van der Waals surface area contributed by atoms with Crippen LogP contribution in [0, 0.1) is 0 Å². The first-order chi connectivity index (χ1) is 7.56. The summed E-state index contributed by atoms with van der Waals surface area (Å²) in [6.07, 6.45) is 2.87. The van der Waals surface area contributed by atoms with Crippen molar-refractivity contribution in [2.45, 2.75) is 18.8 Å². The largest absolute Gasteiger partial charge is 0.481 e. The van der Waals surface area contributed by atoms with Crippen LogP contribution in [0.5, 0.6) is 0 Å². The van der Waals surface area contributed by atoms with Crippen LogP contribution in [-0.4, -0.2) is 11.1 Å². The summed E-state index contributed by atoms with van der Waals surface area (Å²) in [6.45, 7) is 3.58. The number of nitrogens with two attached hydrogens (primary N) is 1. The number of hydrogen-bond donors (Lipinski definition) is 2. The lowest BCUT2D eigenvalue weighted by molar-refractivity contribution is -0.138. The lowest BCUT2D eigenvalue weighted by Crippen LogP contribution is -2.11. The second kappa shape index (κ2) is 5.56. The minimum absolute atomic E-state index is 0.391. The van der Waals surface area contributed by atoms with Crippen molar-refractivity contribution in [3.8, 4) is 0 Å². The molecule has 0 aromatic heterocycles. The Hall–Kier alpha value is -1.48. The summed E-state index contributed by atoms with van der Waals surface area (Å²) < 4.78 is 0. The zero-order chi connectivity index (χ0) is 12.1. The van der Waals surface area contributed by atoms with Gasteiger partial charge in [-0.05, 0) is 30.5 Å². The summed E-state index contributed by atoms with van der Waals surface area (Å²) in [7, 11) is 0. The Morgan fingerprint density at radius 1 is 1.62 bits per heavy atom. The van der Waals surface area contributed by atoms with Crippen LogP contribution in [0.3, 0.4) is 0 Å². The quantitative estimate of drug-likeness (QED) is 0.613. The first-order valence-corrected chi connectivity index (χ1v) is 5.32. The molecule has 3 N–H and O–H groups in total. The highest BCUT2D eigenvalue weighted by Crippen LogP contribution is 2.27. The average molecular weight is 240 g/mol. The third kappa shape index (κ3) is 3.00. The van der Waals surface area contributed by atoms with Crippen molar-refractivity contribution >= 4 is 23.3 Å². The van der Waals surface area contributed by atoms with Gasteiger partial charge in [-0.25, -0.2) is 0 Å². The summed E-state index contributed by atoms with van der Waals surface area (Å²) in [6, 6.07) is 4.93. The van der Waals surface area contributed by atoms with Gasteiger partial charge in [0, 0.05) is 0 Å². The molecule has 0 amide bonds. The number of carboxylic acid groups (broad SMARTS) is 1. The molecule has 1 rings (SSSR count). The second-order valence-corrected chi connectivity index (χ2v) is 3.94. The molecule has 0 heterocycles. The summed E-state index contributed by atoms with van der Waals surface area (Å²) in [5.74, 6) is -1.42. The topological polar surface area (TPSA) is 63.3 Å². The molecule has 0 bridgehead atoms. The van der Waals surface area contributed by atoms with Crippen LogP contribution < -0.4 is 5.73 Å². The Morgan fingerprint density at radius 2 is 2.31 bits per heavy atom. The van der Waals surface area contributed by atoms with E-state index in [1.165, 1.54) is 0 Å². The molecule has 0 aliphatic carbocycles. The van der Waals surface area contributed by atoms with Crippen LogP contribution in [0.2, 0.25) is 5.02 Å². The van der Waals surface area contributed by atoms with Gasteiger partial charge in [0.25, 0.3) is 0 Å². The van der Waals surface area contributed by atoms with E-state index in [9.17, 15) is 4.79 Å². The number of anilines is 1. The van der Waals surface area contributed by atoms with Crippen molar-refractivity contribution < 1.29 is 9.90 Å². The fourth-order valence-electron chi connectivity index (χ4n) is 1.48. The van der Waals surface area contributed by atoms with Gasteiger partial charge in [0.1, 0.15) is 0 Å². The molecule has 0 fully saturated rings. The molecule has 0 saturated heterocycles. The van der Waals surface area contributed by atoms with Gasteiger partial charge < -0.3 is 10.8 Å². The van der Waals surface area contributed by atoms with E-state index in [0.717, 1.165) is 0 Å². The number of carboxylic acids is 1. The molecule has 0 saturated carbocycles. The monoisotopic (exact) mass is 239 g/mol. The normalized spacial score (nSPS) is 12.1. The van der Waals surface area contributed by atoms with Crippen LogP contribution in [-0.2, 0) is 4.79 Å². The van der Waals surface area contributed by atoms with Gasteiger partial charge >= 0.3 is 5.97 Å². The SMILES string of the molecule is C=CCCC(C(=O)O)c1ccc(N)c(Cl)c1. The molecule has 1 aromatic carbocycles. The molecular formula is C12H14ClNO2. The number of halogens is 1. The lowest BCUT2D eigenvalue weighted by atomic mass is 9.94. The zero-order valence-corrected chi connectivity index (χ0v) is 9.57. The summed E-state index contributed by atoms with van der Waals surface area (Å²) in [5, 5.41) is 9.50. The molecule has 0 spiro atoms. The Labute approximate surface area is 99.5 Å². The number of allylic oxidation sites excluding steroid dienone is 1. The van der Waals surface area contributed by atoms with Crippen LogP contribution in [0.25, 0.3) is 0 Å². The van der Waals surface area contributed by atoms with Crippen molar-refractivity contribution in [3.05, 3.63) is 41.4 Å². The number of hydrogen-bond acceptors (Lipinski definition) is 2. The predicted molar refractivity (Wildman–Crippen MR) is 65.7 cm³/mol. The van der Waals surface area contributed by atoms with Gasteiger partial charge in [0.05, 0.1) is 16.6 Å². The van der Waals surface area contributed by atoms with E-state index in [-0.39, 0.29) is 0 Å². The van der Waals surface area contributed by atoms with Crippen molar-refractivity contribution in [1.82, 2.24) is 0 Å². The van der Waals surface area contributed by atoms with E-state index in [0.29, 0.717) is 29.1 Å². The number of rotatable bonds is 5. The Bertz CT molecular complexity index is 404. The van der Waals surface area contributed by atoms with Crippen molar-refractivity contribution in [1.29, 1.82) is 0 Å². The Balaban J connectivity index is 2.96. The predicted octanol–water partition coefficient (Wildman–Crippen LogP) is 3.06. The molecule has 0 radical (unpaired) electrons. The molecule has 0 aliphatic heterocycles. The van der Waals surface area contributed by atoms with Gasteiger partial charge in [-0.2, -0.15) is 0 Å². The second-order valence-electron chi connectivity index (χ2n) is 3.54. The third-order valence-corrected chi connectivity index (χ3v) is 2.71. The minimum atomic E-state index is -0.859. The molecule has 0 aliphatic rings. The Morgan fingerprint density at radius 3 is 2.81 bits per heavy atom. The van der Waals surface area contributed by atoms with Gasteiger partial charge in [-0.1, -0.05) is 23.7 Å². The summed E-state index contributed by atoms with van der Waals surface area (Å²) in [4.78, 5) is 11.1. The molecule has 1 aromatic rings. The fraction of sp³-hybridized carbons (Fsp3) is 0.250. The van der Waals surface area contributed by atoms with E-state index < -0.39 is 11.9 Å². The number of carbonyl (C=O) groups is 1. The van der Waals surface area contributed by atoms with Gasteiger partial charge in [0.15, 0.2) is 0 Å². The highest BCUT2D eigenvalue weighted by Gasteiger charge is 2.19. The highest BCUT2D eigenvalue weighted by molar-refractivity contribution is 6.33. The maximum absolute atomic E-state index is 11.1. The molecular weight excluding hydrogens is 226 g/mol. The van der Waals surface area contributed by atoms with Gasteiger partial charge in [-0.15, -0.1) is 6.58 Å². The number of nitrogen functional groups attached to an aromatic ring is 1. The smallest absolute Gasteiger partial charge is 0.310 e. The third-order valence-electron chi connectivity index (χ3n) is 2.38.